The first kappa shape index (κ1) is 14.1. The van der Waals surface area contributed by atoms with E-state index in [1.165, 1.54) is 31.7 Å². The predicted molar refractivity (Wildman–Crippen MR) is 82.6 cm³/mol. The van der Waals surface area contributed by atoms with Crippen LogP contribution in [0.15, 0.2) is 12.1 Å². The topological polar surface area (TPSA) is 71.3 Å². The Morgan fingerprint density at radius 1 is 1.43 bits per heavy atom. The highest BCUT2D eigenvalue weighted by atomic mass is 16.6. The van der Waals surface area contributed by atoms with Crippen molar-refractivity contribution in [2.24, 2.45) is 17.8 Å². The zero-order chi connectivity index (χ0) is 15.0. The van der Waals surface area contributed by atoms with E-state index in [-0.39, 0.29) is 10.6 Å². The number of hydrogen-bond donors (Lipinski definition) is 1. The lowest BCUT2D eigenvalue weighted by Gasteiger charge is -2.27. The fourth-order valence-electron chi connectivity index (χ4n) is 4.04. The van der Waals surface area contributed by atoms with Gasteiger partial charge in [0, 0.05) is 26.7 Å². The van der Waals surface area contributed by atoms with Crippen LogP contribution in [0.25, 0.3) is 0 Å². The lowest BCUT2D eigenvalue weighted by Crippen LogP contribution is -2.29. The predicted octanol–water partition coefficient (Wildman–Crippen LogP) is 2.90. The molecule has 6 heteroatoms. The molecule has 2 bridgehead atoms. The summed E-state index contributed by atoms with van der Waals surface area (Å²) in [6.45, 7) is 0.863. The highest BCUT2D eigenvalue weighted by Gasteiger charge is 2.40. The molecule has 0 saturated heterocycles. The number of anilines is 2. The molecule has 1 heterocycles. The molecular formula is C15H22N4O2. The van der Waals surface area contributed by atoms with Crippen molar-refractivity contribution < 1.29 is 4.92 Å². The van der Waals surface area contributed by atoms with Crippen molar-refractivity contribution in [1.29, 1.82) is 0 Å². The third-order valence-electron chi connectivity index (χ3n) is 5.06. The molecule has 3 rings (SSSR count). The molecule has 0 aliphatic heterocycles. The molecule has 3 unspecified atom stereocenters. The minimum absolute atomic E-state index is 0.0830. The van der Waals surface area contributed by atoms with Gasteiger partial charge in [-0.05, 0) is 43.1 Å². The van der Waals surface area contributed by atoms with Gasteiger partial charge in [-0.2, -0.15) is 0 Å². The van der Waals surface area contributed by atoms with Crippen LogP contribution in [-0.4, -0.2) is 30.5 Å². The second kappa shape index (κ2) is 5.50. The van der Waals surface area contributed by atoms with Crippen LogP contribution in [-0.2, 0) is 0 Å². The van der Waals surface area contributed by atoms with Crippen LogP contribution >= 0.6 is 0 Å². The maximum atomic E-state index is 11.2. The maximum absolute atomic E-state index is 11.2. The summed E-state index contributed by atoms with van der Waals surface area (Å²) in [6, 6.07) is 3.18. The minimum atomic E-state index is -0.348. The van der Waals surface area contributed by atoms with Crippen LogP contribution in [0.4, 0.5) is 17.3 Å². The van der Waals surface area contributed by atoms with Gasteiger partial charge in [-0.15, -0.1) is 0 Å². The molecular weight excluding hydrogens is 268 g/mol. The van der Waals surface area contributed by atoms with E-state index >= 15 is 0 Å². The van der Waals surface area contributed by atoms with Gasteiger partial charge in [0.25, 0.3) is 0 Å². The summed E-state index contributed by atoms with van der Waals surface area (Å²) in [5, 5.41) is 14.2. The molecule has 0 aromatic carbocycles. The van der Waals surface area contributed by atoms with Crippen LogP contribution in [0, 0.1) is 27.9 Å². The Morgan fingerprint density at radius 2 is 2.24 bits per heavy atom. The normalized spacial score (nSPS) is 26.9. The van der Waals surface area contributed by atoms with Gasteiger partial charge >= 0.3 is 5.69 Å². The fraction of sp³-hybridized carbons (Fsp3) is 0.667. The van der Waals surface area contributed by atoms with Gasteiger partial charge < -0.3 is 10.2 Å². The quantitative estimate of drug-likeness (QED) is 0.667. The molecule has 114 valence electrons. The van der Waals surface area contributed by atoms with E-state index in [2.05, 4.69) is 10.3 Å². The Balaban J connectivity index is 1.79. The molecule has 1 N–H and O–H groups in total. The second-order valence-electron chi connectivity index (χ2n) is 6.36. The SMILES string of the molecule is CNc1ccc([N+](=O)[O-])c(N(C)CC2CC3CCC2C3)n1. The van der Waals surface area contributed by atoms with Crippen molar-refractivity contribution >= 4 is 17.3 Å². The molecule has 0 spiro atoms. The molecule has 6 nitrogen and oxygen atoms in total. The summed E-state index contributed by atoms with van der Waals surface area (Å²) in [7, 11) is 3.69. The van der Waals surface area contributed by atoms with Crippen molar-refractivity contribution in [3.8, 4) is 0 Å². The molecule has 1 aromatic heterocycles. The number of nitrogens with one attached hydrogen (secondary N) is 1. The Labute approximate surface area is 124 Å². The molecule has 21 heavy (non-hydrogen) atoms. The first-order valence-electron chi connectivity index (χ1n) is 7.62. The van der Waals surface area contributed by atoms with E-state index in [1.54, 1.807) is 13.1 Å². The summed E-state index contributed by atoms with van der Waals surface area (Å²) >= 11 is 0. The summed E-state index contributed by atoms with van der Waals surface area (Å²) in [5.74, 6) is 3.49. The highest BCUT2D eigenvalue weighted by Crippen LogP contribution is 2.48. The van der Waals surface area contributed by atoms with E-state index in [9.17, 15) is 10.1 Å². The average Bonchev–Trinajstić information content (AvgIpc) is 3.09. The van der Waals surface area contributed by atoms with Crippen LogP contribution in [0.2, 0.25) is 0 Å². The highest BCUT2D eigenvalue weighted by molar-refractivity contribution is 5.61. The molecule has 3 atom stereocenters. The second-order valence-corrected chi connectivity index (χ2v) is 6.36. The average molecular weight is 290 g/mol. The van der Waals surface area contributed by atoms with Gasteiger partial charge in [0.05, 0.1) is 4.92 Å². The molecule has 2 fully saturated rings. The number of nitrogens with zero attached hydrogens (tertiary/aromatic N) is 3. The van der Waals surface area contributed by atoms with Gasteiger partial charge in [-0.3, -0.25) is 10.1 Å². The zero-order valence-electron chi connectivity index (χ0n) is 12.6. The van der Waals surface area contributed by atoms with E-state index < -0.39 is 0 Å². The van der Waals surface area contributed by atoms with Crippen molar-refractivity contribution in [2.75, 3.05) is 30.9 Å². The van der Waals surface area contributed by atoms with Gasteiger partial charge in [-0.1, -0.05) is 6.42 Å². The van der Waals surface area contributed by atoms with Gasteiger partial charge in [0.2, 0.25) is 5.82 Å². The van der Waals surface area contributed by atoms with E-state index in [1.807, 2.05) is 11.9 Å². The molecule has 2 aliphatic carbocycles. The lowest BCUT2D eigenvalue weighted by atomic mass is 9.88. The van der Waals surface area contributed by atoms with Crippen molar-refractivity contribution in [1.82, 2.24) is 4.98 Å². The number of nitro groups is 1. The zero-order valence-corrected chi connectivity index (χ0v) is 12.6. The van der Waals surface area contributed by atoms with Crippen LogP contribution in [0.3, 0.4) is 0 Å². The van der Waals surface area contributed by atoms with Crippen LogP contribution < -0.4 is 10.2 Å². The van der Waals surface area contributed by atoms with Crippen molar-refractivity contribution in [3.05, 3.63) is 22.2 Å². The Hall–Kier alpha value is -1.85. The largest absolute Gasteiger partial charge is 0.373 e. The number of hydrogen-bond acceptors (Lipinski definition) is 5. The first-order chi connectivity index (χ1) is 10.1. The van der Waals surface area contributed by atoms with E-state index in [4.69, 9.17) is 0 Å². The van der Waals surface area contributed by atoms with E-state index in [0.29, 0.717) is 17.6 Å². The first-order valence-corrected chi connectivity index (χ1v) is 7.62. The Bertz CT molecular complexity index is 548. The standard InChI is InChI=1S/C15H22N4O2/c1-16-14-6-5-13(19(20)21)15(17-14)18(2)9-12-8-10-3-4-11(12)7-10/h5-6,10-12H,3-4,7-9H2,1-2H3,(H,16,17). The van der Waals surface area contributed by atoms with Crippen molar-refractivity contribution in [2.45, 2.75) is 25.7 Å². The van der Waals surface area contributed by atoms with Crippen LogP contribution in [0.5, 0.6) is 0 Å². The third-order valence-corrected chi connectivity index (χ3v) is 5.06. The molecule has 1 aromatic rings. The van der Waals surface area contributed by atoms with Crippen molar-refractivity contribution in [3.63, 3.8) is 0 Å². The summed E-state index contributed by atoms with van der Waals surface area (Å²) in [5.41, 5.74) is 0.0830. The smallest absolute Gasteiger partial charge is 0.311 e. The Morgan fingerprint density at radius 3 is 2.81 bits per heavy atom. The number of fused-ring (bicyclic) bond motifs is 2. The molecule has 2 aliphatic rings. The summed E-state index contributed by atoms with van der Waals surface area (Å²) < 4.78 is 0. The minimum Gasteiger partial charge on any atom is -0.373 e. The lowest BCUT2D eigenvalue weighted by molar-refractivity contribution is -0.384. The summed E-state index contributed by atoms with van der Waals surface area (Å²) in [4.78, 5) is 17.2. The van der Waals surface area contributed by atoms with Crippen LogP contribution in [0.1, 0.15) is 25.7 Å². The maximum Gasteiger partial charge on any atom is 0.311 e. The van der Waals surface area contributed by atoms with E-state index in [0.717, 1.165) is 18.4 Å². The molecule has 0 radical (unpaired) electrons. The fourth-order valence-corrected chi connectivity index (χ4v) is 4.04. The number of rotatable bonds is 5. The number of pyridine rings is 1. The van der Waals surface area contributed by atoms with Gasteiger partial charge in [-0.25, -0.2) is 4.98 Å². The monoisotopic (exact) mass is 290 g/mol. The molecule has 2 saturated carbocycles. The summed E-state index contributed by atoms with van der Waals surface area (Å²) in [6.07, 6.45) is 5.33. The molecule has 0 amide bonds. The van der Waals surface area contributed by atoms with Gasteiger partial charge in [0.15, 0.2) is 0 Å². The number of aromatic nitrogens is 1. The third kappa shape index (κ3) is 2.66. The Kier molecular flexibility index (Phi) is 3.69. The van der Waals surface area contributed by atoms with Gasteiger partial charge in [0.1, 0.15) is 5.82 Å².